The second kappa shape index (κ2) is 10.8. The minimum absolute atomic E-state index is 0.0388. The van der Waals surface area contributed by atoms with E-state index in [4.69, 9.17) is 11.6 Å². The van der Waals surface area contributed by atoms with Crippen LogP contribution in [0.15, 0.2) is 84.0 Å². The van der Waals surface area contributed by atoms with Crippen molar-refractivity contribution in [1.82, 2.24) is 14.8 Å². The molecule has 0 atom stereocenters. The summed E-state index contributed by atoms with van der Waals surface area (Å²) in [6.07, 6.45) is 0. The highest BCUT2D eigenvalue weighted by atomic mass is 35.5. The number of carbonyl (C=O) groups excluding carboxylic acids is 1. The molecule has 0 saturated heterocycles. The molecule has 0 radical (unpaired) electrons. The second-order valence-electron chi connectivity index (χ2n) is 7.07. The summed E-state index contributed by atoms with van der Waals surface area (Å²) >= 11 is 7.20. The number of nitro groups is 1. The first-order valence-corrected chi connectivity index (χ1v) is 11.5. The zero-order valence-electron chi connectivity index (χ0n) is 17.7. The molecule has 3 aromatic carbocycles. The summed E-state index contributed by atoms with van der Waals surface area (Å²) in [6.45, 7) is 0.416. The number of nitro benzene ring substituents is 1. The van der Waals surface area contributed by atoms with Crippen LogP contribution in [0.3, 0.4) is 0 Å². The first-order valence-electron chi connectivity index (χ1n) is 10.2. The average molecular weight is 495 g/mol. The summed E-state index contributed by atoms with van der Waals surface area (Å²) in [5.74, 6) is 0.508. The fraction of sp³-hybridized carbons (Fsp3) is 0.0870. The van der Waals surface area contributed by atoms with Gasteiger partial charge in [0.2, 0.25) is 5.91 Å². The maximum Gasteiger partial charge on any atom is 0.269 e. The molecule has 1 amide bonds. The van der Waals surface area contributed by atoms with Gasteiger partial charge in [-0.05, 0) is 48.5 Å². The van der Waals surface area contributed by atoms with Crippen LogP contribution in [0.5, 0.6) is 0 Å². The van der Waals surface area contributed by atoms with Crippen molar-refractivity contribution < 1.29 is 9.72 Å². The molecule has 0 aliphatic heterocycles. The normalized spacial score (nSPS) is 10.6. The molecule has 9 nitrogen and oxygen atoms in total. The highest BCUT2D eigenvalue weighted by molar-refractivity contribution is 7.99. The van der Waals surface area contributed by atoms with E-state index in [2.05, 4.69) is 20.8 Å². The number of non-ortho nitro benzene ring substituents is 1. The largest absolute Gasteiger partial charge is 0.378 e. The summed E-state index contributed by atoms with van der Waals surface area (Å²) in [5.41, 5.74) is 2.21. The van der Waals surface area contributed by atoms with Gasteiger partial charge in [0.05, 0.1) is 17.2 Å². The highest BCUT2D eigenvalue weighted by Crippen LogP contribution is 2.24. The Morgan fingerprint density at radius 1 is 0.971 bits per heavy atom. The third-order valence-corrected chi connectivity index (χ3v) is 5.88. The number of benzene rings is 3. The van der Waals surface area contributed by atoms with Crippen molar-refractivity contribution in [2.45, 2.75) is 11.7 Å². The SMILES string of the molecule is O=C(CSc1nnc(CNc2ccc(Cl)cc2)n1-c1ccccc1)Nc1ccc([N+](=O)[O-])cc1. The van der Waals surface area contributed by atoms with E-state index in [1.54, 1.807) is 12.1 Å². The molecule has 0 saturated carbocycles. The lowest BCUT2D eigenvalue weighted by Crippen LogP contribution is -2.15. The molecule has 4 aromatic rings. The van der Waals surface area contributed by atoms with Crippen LogP contribution in [0.4, 0.5) is 17.1 Å². The molecule has 0 fully saturated rings. The quantitative estimate of drug-likeness (QED) is 0.187. The van der Waals surface area contributed by atoms with Crippen LogP contribution in [0, 0.1) is 10.1 Å². The molecule has 0 aliphatic rings. The van der Waals surface area contributed by atoms with Gasteiger partial charge in [-0.2, -0.15) is 0 Å². The number of anilines is 2. The van der Waals surface area contributed by atoms with Crippen molar-refractivity contribution in [3.63, 3.8) is 0 Å². The van der Waals surface area contributed by atoms with Crippen LogP contribution >= 0.6 is 23.4 Å². The van der Waals surface area contributed by atoms with E-state index in [-0.39, 0.29) is 17.3 Å². The van der Waals surface area contributed by atoms with E-state index < -0.39 is 4.92 Å². The number of carbonyl (C=O) groups is 1. The Balaban J connectivity index is 1.45. The number of thioether (sulfide) groups is 1. The Labute approximate surface area is 204 Å². The zero-order valence-corrected chi connectivity index (χ0v) is 19.3. The molecular weight excluding hydrogens is 476 g/mol. The Hall–Kier alpha value is -3.89. The van der Waals surface area contributed by atoms with Crippen molar-refractivity contribution in [3.05, 3.63) is 99.8 Å². The number of amides is 1. The Morgan fingerprint density at radius 3 is 2.32 bits per heavy atom. The summed E-state index contributed by atoms with van der Waals surface area (Å²) < 4.78 is 1.90. The number of para-hydroxylation sites is 1. The summed E-state index contributed by atoms with van der Waals surface area (Å²) in [4.78, 5) is 22.7. The zero-order chi connectivity index (χ0) is 23.9. The number of hydrogen-bond donors (Lipinski definition) is 2. The lowest BCUT2D eigenvalue weighted by Gasteiger charge is -2.11. The predicted octanol–water partition coefficient (Wildman–Crippen LogP) is 5.17. The molecule has 4 rings (SSSR count). The van der Waals surface area contributed by atoms with E-state index in [0.717, 1.165) is 11.4 Å². The van der Waals surface area contributed by atoms with E-state index in [1.165, 1.54) is 36.0 Å². The Morgan fingerprint density at radius 2 is 1.65 bits per heavy atom. The molecule has 0 aliphatic carbocycles. The minimum Gasteiger partial charge on any atom is -0.378 e. The Bertz CT molecular complexity index is 1280. The topological polar surface area (TPSA) is 115 Å². The molecule has 0 spiro atoms. The van der Waals surface area contributed by atoms with Gasteiger partial charge in [-0.25, -0.2) is 0 Å². The molecular formula is C23H19ClN6O3S. The van der Waals surface area contributed by atoms with Gasteiger partial charge in [0.25, 0.3) is 5.69 Å². The molecule has 11 heteroatoms. The summed E-state index contributed by atoms with van der Waals surface area (Å²) in [6, 6.07) is 22.7. The fourth-order valence-corrected chi connectivity index (χ4v) is 3.98. The van der Waals surface area contributed by atoms with Crippen LogP contribution < -0.4 is 10.6 Å². The van der Waals surface area contributed by atoms with Crippen LogP contribution in [0.1, 0.15) is 5.82 Å². The highest BCUT2D eigenvalue weighted by Gasteiger charge is 2.16. The van der Waals surface area contributed by atoms with Crippen molar-refractivity contribution in [2.75, 3.05) is 16.4 Å². The van der Waals surface area contributed by atoms with Crippen LogP contribution in [-0.2, 0) is 11.3 Å². The predicted molar refractivity (Wildman–Crippen MR) is 133 cm³/mol. The number of aromatic nitrogens is 3. The smallest absolute Gasteiger partial charge is 0.269 e. The molecule has 172 valence electrons. The van der Waals surface area contributed by atoms with Crippen molar-refractivity contribution in [3.8, 4) is 5.69 Å². The molecule has 34 heavy (non-hydrogen) atoms. The summed E-state index contributed by atoms with van der Waals surface area (Å²) in [7, 11) is 0. The number of halogens is 1. The molecule has 1 heterocycles. The minimum atomic E-state index is -0.489. The lowest BCUT2D eigenvalue weighted by molar-refractivity contribution is -0.384. The van der Waals surface area contributed by atoms with Gasteiger partial charge in [-0.3, -0.25) is 19.5 Å². The van der Waals surface area contributed by atoms with Crippen LogP contribution in [0.2, 0.25) is 5.02 Å². The number of hydrogen-bond acceptors (Lipinski definition) is 7. The van der Waals surface area contributed by atoms with Gasteiger partial charge in [-0.15, -0.1) is 10.2 Å². The van der Waals surface area contributed by atoms with Gasteiger partial charge in [-0.1, -0.05) is 41.6 Å². The van der Waals surface area contributed by atoms with E-state index in [9.17, 15) is 14.9 Å². The van der Waals surface area contributed by atoms with Gasteiger partial charge >= 0.3 is 0 Å². The fourth-order valence-electron chi connectivity index (χ4n) is 3.09. The van der Waals surface area contributed by atoms with Gasteiger partial charge < -0.3 is 10.6 Å². The molecule has 2 N–H and O–H groups in total. The van der Waals surface area contributed by atoms with Crippen LogP contribution in [-0.4, -0.2) is 31.3 Å². The van der Waals surface area contributed by atoms with E-state index in [0.29, 0.717) is 28.2 Å². The third-order valence-electron chi connectivity index (χ3n) is 4.70. The number of nitrogens with zero attached hydrogens (tertiary/aromatic N) is 4. The van der Waals surface area contributed by atoms with Gasteiger partial charge in [0.15, 0.2) is 11.0 Å². The van der Waals surface area contributed by atoms with Gasteiger partial charge in [0.1, 0.15) is 0 Å². The van der Waals surface area contributed by atoms with Crippen molar-refractivity contribution in [1.29, 1.82) is 0 Å². The second-order valence-corrected chi connectivity index (χ2v) is 8.45. The third kappa shape index (κ3) is 5.91. The molecule has 0 bridgehead atoms. The number of rotatable bonds is 9. The van der Waals surface area contributed by atoms with Crippen LogP contribution in [0.25, 0.3) is 5.69 Å². The molecule has 1 aromatic heterocycles. The molecule has 0 unspecified atom stereocenters. The maximum atomic E-state index is 12.5. The van der Waals surface area contributed by atoms with E-state index >= 15 is 0 Å². The number of nitrogens with one attached hydrogen (secondary N) is 2. The first-order chi connectivity index (χ1) is 16.5. The van der Waals surface area contributed by atoms with Crippen molar-refractivity contribution >= 4 is 46.3 Å². The monoisotopic (exact) mass is 494 g/mol. The Kier molecular flexibility index (Phi) is 7.41. The van der Waals surface area contributed by atoms with Crippen molar-refractivity contribution in [2.24, 2.45) is 0 Å². The van der Waals surface area contributed by atoms with E-state index in [1.807, 2.05) is 47.0 Å². The average Bonchev–Trinajstić information content (AvgIpc) is 3.26. The van der Waals surface area contributed by atoms with Gasteiger partial charge in [0, 0.05) is 34.2 Å². The first kappa shape index (κ1) is 23.3. The standard InChI is InChI=1S/C23H19ClN6O3S/c24-16-6-8-17(9-7-16)25-14-21-27-28-23(29(21)19-4-2-1-3-5-19)34-15-22(31)26-18-10-12-20(13-11-18)30(32)33/h1-13,25H,14-15H2,(H,26,31). The summed E-state index contributed by atoms with van der Waals surface area (Å²) in [5, 5.41) is 26.6. The lowest BCUT2D eigenvalue weighted by atomic mass is 10.3. The maximum absolute atomic E-state index is 12.5.